The Bertz CT molecular complexity index is 93.8. The van der Waals surface area contributed by atoms with Crippen LogP contribution >= 0.6 is 0 Å². The van der Waals surface area contributed by atoms with E-state index < -0.39 is 0 Å². The maximum Gasteiger partial charge on any atom is 0.0502 e. The summed E-state index contributed by atoms with van der Waals surface area (Å²) in [6.07, 6.45) is 1.25. The van der Waals surface area contributed by atoms with Gasteiger partial charge in [-0.1, -0.05) is 20.8 Å². The minimum atomic E-state index is 0.676. The highest BCUT2D eigenvalue weighted by Crippen LogP contribution is 2.10. The van der Waals surface area contributed by atoms with Gasteiger partial charge in [0.05, 0.1) is 6.61 Å². The smallest absolute Gasteiger partial charge is 0.0502 e. The van der Waals surface area contributed by atoms with Crippen LogP contribution in [-0.2, 0) is 4.74 Å². The largest absolute Gasteiger partial charge is 0.384 e. The van der Waals surface area contributed by atoms with Crippen LogP contribution in [0.2, 0.25) is 0 Å². The van der Waals surface area contributed by atoms with Crippen LogP contribution < -0.4 is 5.32 Å². The van der Waals surface area contributed by atoms with Crippen molar-refractivity contribution in [3.05, 3.63) is 0 Å². The fraction of sp³-hybridized carbons (Fsp3) is 1.00. The van der Waals surface area contributed by atoms with E-state index >= 15 is 0 Å². The molecule has 0 aliphatic carbocycles. The van der Waals surface area contributed by atoms with Crippen LogP contribution in [0.3, 0.4) is 0 Å². The average molecular weight is 173 g/mol. The van der Waals surface area contributed by atoms with Crippen molar-refractivity contribution in [2.24, 2.45) is 11.8 Å². The first-order valence-corrected chi connectivity index (χ1v) is 4.90. The van der Waals surface area contributed by atoms with E-state index in [9.17, 15) is 0 Å². The van der Waals surface area contributed by atoms with Crippen LogP contribution in [0, 0.1) is 11.8 Å². The van der Waals surface area contributed by atoms with Crippen molar-refractivity contribution >= 4 is 0 Å². The molecule has 0 fully saturated rings. The number of hydrogen-bond acceptors (Lipinski definition) is 2. The van der Waals surface area contributed by atoms with Gasteiger partial charge in [0, 0.05) is 13.7 Å². The molecule has 1 N–H and O–H groups in total. The first-order valence-electron chi connectivity index (χ1n) is 4.90. The molecule has 0 amide bonds. The minimum Gasteiger partial charge on any atom is -0.384 e. The molecule has 0 aliphatic rings. The van der Waals surface area contributed by atoms with Gasteiger partial charge in [0.1, 0.15) is 0 Å². The summed E-state index contributed by atoms with van der Waals surface area (Å²) in [5.74, 6) is 1.44. The number of methoxy groups -OCH3 is 1. The molecule has 1 atom stereocenters. The van der Waals surface area contributed by atoms with E-state index in [-0.39, 0.29) is 0 Å². The summed E-state index contributed by atoms with van der Waals surface area (Å²) < 4.78 is 5.16. The second-order valence-corrected chi connectivity index (χ2v) is 3.76. The van der Waals surface area contributed by atoms with Gasteiger partial charge in [0.2, 0.25) is 0 Å². The van der Waals surface area contributed by atoms with E-state index in [1.807, 2.05) is 0 Å². The highest BCUT2D eigenvalue weighted by atomic mass is 16.5. The molecule has 2 nitrogen and oxygen atoms in total. The first kappa shape index (κ1) is 11.9. The summed E-state index contributed by atoms with van der Waals surface area (Å²) in [7, 11) is 1.78. The van der Waals surface area contributed by atoms with E-state index in [4.69, 9.17) is 4.74 Å². The number of ether oxygens (including phenoxy) is 1. The van der Waals surface area contributed by atoms with Gasteiger partial charge in [-0.15, -0.1) is 0 Å². The van der Waals surface area contributed by atoms with Gasteiger partial charge in [-0.3, -0.25) is 0 Å². The van der Waals surface area contributed by atoms with Crippen LogP contribution in [0.1, 0.15) is 27.2 Å². The highest BCUT2D eigenvalue weighted by Gasteiger charge is 2.09. The molecule has 12 heavy (non-hydrogen) atoms. The molecule has 0 heterocycles. The molecule has 74 valence electrons. The molecule has 0 rings (SSSR count). The summed E-state index contributed by atoms with van der Waals surface area (Å²) in [6, 6.07) is 0. The summed E-state index contributed by atoms with van der Waals surface area (Å²) in [4.78, 5) is 0. The van der Waals surface area contributed by atoms with E-state index in [1.165, 1.54) is 6.42 Å². The second-order valence-electron chi connectivity index (χ2n) is 3.76. The van der Waals surface area contributed by atoms with E-state index in [1.54, 1.807) is 7.11 Å². The van der Waals surface area contributed by atoms with Crippen LogP contribution in [0.15, 0.2) is 0 Å². The zero-order valence-electron chi connectivity index (χ0n) is 8.89. The number of nitrogens with one attached hydrogen (secondary N) is 1. The van der Waals surface area contributed by atoms with Gasteiger partial charge in [0.25, 0.3) is 0 Å². The maximum absolute atomic E-state index is 5.16. The highest BCUT2D eigenvalue weighted by molar-refractivity contribution is 4.63. The molecule has 0 spiro atoms. The van der Waals surface area contributed by atoms with Crippen molar-refractivity contribution in [1.29, 1.82) is 0 Å². The van der Waals surface area contributed by atoms with Gasteiger partial charge in [-0.25, -0.2) is 0 Å². The minimum absolute atomic E-state index is 0.676. The summed E-state index contributed by atoms with van der Waals surface area (Å²) >= 11 is 0. The lowest BCUT2D eigenvalue weighted by Crippen LogP contribution is -2.26. The zero-order valence-corrected chi connectivity index (χ0v) is 8.89. The normalized spacial score (nSPS) is 13.8. The van der Waals surface area contributed by atoms with Gasteiger partial charge in [-0.05, 0) is 24.8 Å². The van der Waals surface area contributed by atoms with Gasteiger partial charge in [-0.2, -0.15) is 0 Å². The first-order chi connectivity index (χ1) is 5.70. The second kappa shape index (κ2) is 7.56. The number of rotatable bonds is 7. The third-order valence-electron chi connectivity index (χ3n) is 1.89. The molecule has 1 unspecified atom stereocenters. The molecule has 2 heteroatoms. The quantitative estimate of drug-likeness (QED) is 0.635. The van der Waals surface area contributed by atoms with Crippen LogP contribution in [0.4, 0.5) is 0 Å². The lowest BCUT2D eigenvalue weighted by atomic mass is 9.98. The molecule has 0 aliphatic heterocycles. The van der Waals surface area contributed by atoms with Crippen LogP contribution in [0.5, 0.6) is 0 Å². The van der Waals surface area contributed by atoms with Gasteiger partial charge in [0.15, 0.2) is 0 Å². The Morgan fingerprint density at radius 3 is 2.42 bits per heavy atom. The standard InChI is InChI=1S/C10H23NO/c1-5-11-7-10(8-12-4)6-9(2)3/h9-11H,5-8H2,1-4H3. The zero-order chi connectivity index (χ0) is 9.40. The van der Waals surface area contributed by atoms with Crippen molar-refractivity contribution in [2.75, 3.05) is 26.8 Å². The molecule has 0 aromatic carbocycles. The lowest BCUT2D eigenvalue weighted by molar-refractivity contribution is 0.140. The molecule has 0 bridgehead atoms. The van der Waals surface area contributed by atoms with Crippen molar-refractivity contribution in [1.82, 2.24) is 5.32 Å². The molecule has 0 radical (unpaired) electrons. The number of hydrogen-bond donors (Lipinski definition) is 1. The van der Waals surface area contributed by atoms with Crippen molar-refractivity contribution in [3.63, 3.8) is 0 Å². The lowest BCUT2D eigenvalue weighted by Gasteiger charge is -2.18. The Kier molecular flexibility index (Phi) is 7.51. The molecule has 0 aromatic rings. The SMILES string of the molecule is CCNCC(COC)CC(C)C. The van der Waals surface area contributed by atoms with Crippen molar-refractivity contribution in [3.8, 4) is 0 Å². The molecular formula is C10H23NO. The topological polar surface area (TPSA) is 21.3 Å². The summed E-state index contributed by atoms with van der Waals surface area (Å²) in [6.45, 7) is 9.68. The third kappa shape index (κ3) is 6.62. The predicted molar refractivity (Wildman–Crippen MR) is 53.4 cm³/mol. The maximum atomic E-state index is 5.16. The fourth-order valence-corrected chi connectivity index (χ4v) is 1.46. The van der Waals surface area contributed by atoms with Gasteiger partial charge < -0.3 is 10.1 Å². The van der Waals surface area contributed by atoms with Crippen LogP contribution in [0.25, 0.3) is 0 Å². The monoisotopic (exact) mass is 173 g/mol. The van der Waals surface area contributed by atoms with Crippen molar-refractivity contribution < 1.29 is 4.74 Å². The van der Waals surface area contributed by atoms with Crippen molar-refractivity contribution in [2.45, 2.75) is 27.2 Å². The van der Waals surface area contributed by atoms with Gasteiger partial charge >= 0.3 is 0 Å². The third-order valence-corrected chi connectivity index (χ3v) is 1.89. The molecule has 0 saturated carbocycles. The Hall–Kier alpha value is -0.0800. The molecule has 0 aromatic heterocycles. The summed E-state index contributed by atoms with van der Waals surface area (Å²) in [5, 5.41) is 3.36. The molecular weight excluding hydrogens is 150 g/mol. The Labute approximate surface area is 76.7 Å². The van der Waals surface area contributed by atoms with Crippen LogP contribution in [-0.4, -0.2) is 26.8 Å². The molecule has 0 saturated heterocycles. The summed E-state index contributed by atoms with van der Waals surface area (Å²) in [5.41, 5.74) is 0. The van der Waals surface area contributed by atoms with E-state index in [0.29, 0.717) is 5.92 Å². The Balaban J connectivity index is 3.54. The predicted octanol–water partition coefficient (Wildman–Crippen LogP) is 1.90. The fourth-order valence-electron chi connectivity index (χ4n) is 1.46. The Morgan fingerprint density at radius 1 is 1.33 bits per heavy atom. The Morgan fingerprint density at radius 2 is 2.00 bits per heavy atom. The van der Waals surface area contributed by atoms with E-state index in [2.05, 4.69) is 26.1 Å². The van der Waals surface area contributed by atoms with E-state index in [0.717, 1.165) is 25.6 Å². The average Bonchev–Trinajstić information content (AvgIpc) is 2.00.